The van der Waals surface area contributed by atoms with E-state index in [2.05, 4.69) is 106 Å². The third-order valence-electron chi connectivity index (χ3n) is 9.00. The summed E-state index contributed by atoms with van der Waals surface area (Å²) in [6.45, 7) is 13.1. The Kier molecular flexibility index (Phi) is 8.48. The SMILES string of the molecule is CCC(C)(C)c1ccc2c(c1)c1ccc(Oc3[c-]c(-n4nc(C)c(-c5ccccc5)c4C)ccc3)[c-]c1n2-c1cc(C)ccn1.[Pt+2]. The molecular formula is C40H36N4OPt. The van der Waals surface area contributed by atoms with Gasteiger partial charge in [0.05, 0.1) is 5.69 Å². The van der Waals surface area contributed by atoms with Crippen molar-refractivity contribution in [3.63, 3.8) is 0 Å². The summed E-state index contributed by atoms with van der Waals surface area (Å²) in [7, 11) is 0. The van der Waals surface area contributed by atoms with E-state index in [4.69, 9.17) is 14.8 Å². The van der Waals surface area contributed by atoms with Gasteiger partial charge in [-0.25, -0.2) is 4.98 Å². The van der Waals surface area contributed by atoms with Gasteiger partial charge in [0.25, 0.3) is 0 Å². The molecule has 3 aromatic heterocycles. The molecule has 0 amide bonds. The number of hydrogen-bond donors (Lipinski definition) is 0. The van der Waals surface area contributed by atoms with E-state index in [0.29, 0.717) is 11.5 Å². The third kappa shape index (κ3) is 5.58. The Bertz CT molecular complexity index is 2190. The molecule has 0 saturated heterocycles. The minimum absolute atomic E-state index is 0. The van der Waals surface area contributed by atoms with Crippen LogP contribution in [0.3, 0.4) is 0 Å². The number of hydrogen-bond acceptors (Lipinski definition) is 3. The molecule has 0 unspecified atom stereocenters. The van der Waals surface area contributed by atoms with Gasteiger partial charge in [-0.1, -0.05) is 68.8 Å². The molecule has 7 aromatic rings. The molecule has 0 bridgehead atoms. The first-order valence-electron chi connectivity index (χ1n) is 15.5. The number of aromatic nitrogens is 4. The molecule has 0 fully saturated rings. The van der Waals surface area contributed by atoms with Crippen LogP contribution in [0.5, 0.6) is 11.5 Å². The monoisotopic (exact) mass is 783 g/mol. The van der Waals surface area contributed by atoms with Crippen molar-refractivity contribution >= 4 is 21.8 Å². The molecule has 6 heteroatoms. The van der Waals surface area contributed by atoms with Crippen LogP contribution in [-0.2, 0) is 26.5 Å². The Morgan fingerprint density at radius 1 is 0.804 bits per heavy atom. The summed E-state index contributed by atoms with van der Waals surface area (Å²) in [5.41, 5.74) is 9.70. The molecule has 46 heavy (non-hydrogen) atoms. The van der Waals surface area contributed by atoms with Crippen LogP contribution in [0.15, 0.2) is 97.2 Å². The molecule has 4 aromatic carbocycles. The van der Waals surface area contributed by atoms with Crippen LogP contribution in [0.2, 0.25) is 0 Å². The topological polar surface area (TPSA) is 44.9 Å². The average Bonchev–Trinajstić information content (AvgIpc) is 3.53. The van der Waals surface area contributed by atoms with E-state index in [1.807, 2.05) is 54.2 Å². The van der Waals surface area contributed by atoms with E-state index in [0.717, 1.165) is 62.4 Å². The first-order valence-corrected chi connectivity index (χ1v) is 15.5. The van der Waals surface area contributed by atoms with Crippen molar-refractivity contribution in [1.29, 1.82) is 0 Å². The summed E-state index contributed by atoms with van der Waals surface area (Å²) < 4.78 is 10.6. The zero-order chi connectivity index (χ0) is 31.3. The smallest absolute Gasteiger partial charge is 0.509 e. The van der Waals surface area contributed by atoms with Crippen LogP contribution in [0.25, 0.3) is 44.4 Å². The first-order chi connectivity index (χ1) is 21.7. The molecule has 0 aliphatic rings. The molecule has 0 N–H and O–H groups in total. The molecule has 0 spiro atoms. The van der Waals surface area contributed by atoms with E-state index in [1.165, 1.54) is 10.9 Å². The van der Waals surface area contributed by atoms with Gasteiger partial charge in [0.2, 0.25) is 0 Å². The fourth-order valence-electron chi connectivity index (χ4n) is 6.13. The summed E-state index contributed by atoms with van der Waals surface area (Å²) in [5, 5.41) is 7.16. The van der Waals surface area contributed by atoms with Crippen LogP contribution in [0.4, 0.5) is 0 Å². The Balaban J connectivity index is 0.00000372. The zero-order valence-corrected chi connectivity index (χ0v) is 29.2. The van der Waals surface area contributed by atoms with Crippen LogP contribution < -0.4 is 4.74 Å². The third-order valence-corrected chi connectivity index (χ3v) is 9.00. The van der Waals surface area contributed by atoms with Gasteiger partial charge in [-0.15, -0.1) is 35.7 Å². The van der Waals surface area contributed by atoms with Gasteiger partial charge in [0.15, 0.2) is 0 Å². The van der Waals surface area contributed by atoms with Gasteiger partial charge in [-0.05, 0) is 78.6 Å². The maximum absolute atomic E-state index is 6.43. The zero-order valence-electron chi connectivity index (χ0n) is 27.0. The quantitative estimate of drug-likeness (QED) is 0.151. The number of benzene rings is 4. The van der Waals surface area contributed by atoms with Crippen LogP contribution in [0, 0.1) is 32.9 Å². The number of fused-ring (bicyclic) bond motifs is 3. The minimum Gasteiger partial charge on any atom is -0.509 e. The summed E-state index contributed by atoms with van der Waals surface area (Å²) in [4.78, 5) is 4.75. The second kappa shape index (κ2) is 12.4. The molecule has 0 saturated carbocycles. The Labute approximate surface area is 285 Å². The van der Waals surface area contributed by atoms with Crippen molar-refractivity contribution in [2.45, 2.75) is 53.4 Å². The largest absolute Gasteiger partial charge is 2.00 e. The van der Waals surface area contributed by atoms with Gasteiger partial charge >= 0.3 is 21.1 Å². The van der Waals surface area contributed by atoms with Crippen molar-refractivity contribution < 1.29 is 25.8 Å². The van der Waals surface area contributed by atoms with Crippen LogP contribution in [-0.4, -0.2) is 19.3 Å². The van der Waals surface area contributed by atoms with Crippen molar-refractivity contribution in [2.24, 2.45) is 0 Å². The van der Waals surface area contributed by atoms with Gasteiger partial charge in [-0.3, -0.25) is 4.68 Å². The Morgan fingerprint density at radius 3 is 2.35 bits per heavy atom. The van der Waals surface area contributed by atoms with Crippen LogP contribution in [0.1, 0.15) is 49.7 Å². The van der Waals surface area contributed by atoms with Crippen molar-refractivity contribution in [3.8, 4) is 34.1 Å². The van der Waals surface area contributed by atoms with Gasteiger partial charge in [0, 0.05) is 34.5 Å². The Hall–Kier alpha value is -4.47. The molecule has 7 rings (SSSR count). The van der Waals surface area contributed by atoms with Gasteiger partial charge in [0.1, 0.15) is 5.82 Å². The average molecular weight is 784 g/mol. The minimum atomic E-state index is 0. The molecule has 0 radical (unpaired) electrons. The predicted octanol–water partition coefficient (Wildman–Crippen LogP) is 10.0. The molecule has 0 atom stereocenters. The standard InChI is InChI=1S/C40H36N4O.Pt/c1-7-40(5,6)30-16-19-36-35(23-30)34-18-17-33(25-37(34)43(36)38-22-26(2)20-21-41-38)45-32-15-11-14-31(24-32)44-28(4)39(27(3)42-44)29-12-9-8-10-13-29;/h8-23H,7H2,1-6H3;/q-2;+2. The molecule has 5 nitrogen and oxygen atoms in total. The van der Waals surface area contributed by atoms with E-state index < -0.39 is 0 Å². The molecule has 232 valence electrons. The fourth-order valence-corrected chi connectivity index (χ4v) is 6.13. The summed E-state index contributed by atoms with van der Waals surface area (Å²) >= 11 is 0. The van der Waals surface area contributed by atoms with Crippen molar-refractivity contribution in [1.82, 2.24) is 19.3 Å². The molecular weight excluding hydrogens is 748 g/mol. The van der Waals surface area contributed by atoms with E-state index in [1.54, 1.807) is 0 Å². The van der Waals surface area contributed by atoms with Crippen LogP contribution >= 0.6 is 0 Å². The number of rotatable bonds is 7. The van der Waals surface area contributed by atoms with Crippen molar-refractivity contribution in [2.75, 3.05) is 0 Å². The molecule has 0 aliphatic carbocycles. The number of nitrogens with zero attached hydrogens (tertiary/aromatic N) is 4. The summed E-state index contributed by atoms with van der Waals surface area (Å²) in [5.74, 6) is 2.07. The maximum atomic E-state index is 6.43. The normalized spacial score (nSPS) is 11.6. The van der Waals surface area contributed by atoms with Gasteiger partial charge < -0.3 is 9.30 Å². The van der Waals surface area contributed by atoms with E-state index >= 15 is 0 Å². The second-order valence-electron chi connectivity index (χ2n) is 12.4. The molecule has 0 aliphatic heterocycles. The second-order valence-corrected chi connectivity index (χ2v) is 12.4. The number of pyridine rings is 1. The Morgan fingerprint density at radius 2 is 1.59 bits per heavy atom. The summed E-state index contributed by atoms with van der Waals surface area (Å²) in [6, 6.07) is 38.4. The maximum Gasteiger partial charge on any atom is 2.00 e. The van der Waals surface area contributed by atoms with Gasteiger partial charge in [-0.2, -0.15) is 17.2 Å². The summed E-state index contributed by atoms with van der Waals surface area (Å²) in [6.07, 6.45) is 2.92. The predicted molar refractivity (Wildman–Crippen MR) is 183 cm³/mol. The number of aryl methyl sites for hydroxylation is 2. The van der Waals surface area contributed by atoms with E-state index in [9.17, 15) is 0 Å². The van der Waals surface area contributed by atoms with Crippen molar-refractivity contribution in [3.05, 3.63) is 132 Å². The first kappa shape index (κ1) is 31.5. The molecule has 3 heterocycles. The number of ether oxygens (including phenoxy) is 1. The fraction of sp³-hybridized carbons (Fsp3) is 0.200. The van der Waals surface area contributed by atoms with E-state index in [-0.39, 0.29) is 26.5 Å².